The van der Waals surface area contributed by atoms with E-state index in [-0.39, 0.29) is 4.90 Å². The molecule has 150 valence electrons. The van der Waals surface area contributed by atoms with Crippen LogP contribution in [0.25, 0.3) is 16.9 Å². The van der Waals surface area contributed by atoms with Gasteiger partial charge in [-0.3, -0.25) is 9.36 Å². The molecule has 0 unspecified atom stereocenters. The third-order valence-corrected chi connectivity index (χ3v) is 6.73. The van der Waals surface area contributed by atoms with Crippen LogP contribution in [-0.4, -0.2) is 18.1 Å². The number of sulfone groups is 1. The van der Waals surface area contributed by atoms with Gasteiger partial charge in [0.1, 0.15) is 5.75 Å². The van der Waals surface area contributed by atoms with Crippen LogP contribution in [0.4, 0.5) is 0 Å². The molecule has 6 heteroatoms. The van der Waals surface area contributed by atoms with Crippen molar-refractivity contribution in [3.05, 3.63) is 107 Å². The number of nitrogens with zero attached hydrogens (tertiary/aromatic N) is 1. The molecule has 0 aliphatic carbocycles. The van der Waals surface area contributed by atoms with Gasteiger partial charge in [0.05, 0.1) is 10.6 Å². The van der Waals surface area contributed by atoms with Gasteiger partial charge in [-0.25, -0.2) is 8.42 Å². The highest BCUT2D eigenvalue weighted by atomic mass is 32.2. The summed E-state index contributed by atoms with van der Waals surface area (Å²) in [6, 6.07) is 25.5. The monoisotopic (exact) mass is 417 g/mol. The molecule has 0 radical (unpaired) electrons. The molecule has 0 aliphatic heterocycles. The van der Waals surface area contributed by atoms with Gasteiger partial charge in [0.25, 0.3) is 5.56 Å². The average Bonchev–Trinajstić information content (AvgIpc) is 2.78. The molecule has 4 aromatic rings. The van der Waals surface area contributed by atoms with Crippen molar-refractivity contribution in [3.63, 3.8) is 0 Å². The minimum absolute atomic E-state index is 0.0520. The Morgan fingerprint density at radius 1 is 0.767 bits per heavy atom. The molecule has 1 N–H and O–H groups in total. The van der Waals surface area contributed by atoms with E-state index in [1.54, 1.807) is 49.4 Å². The van der Waals surface area contributed by atoms with Crippen molar-refractivity contribution >= 4 is 9.84 Å². The number of aromatic hydroxyl groups is 1. The van der Waals surface area contributed by atoms with E-state index in [2.05, 4.69) is 0 Å². The van der Waals surface area contributed by atoms with Gasteiger partial charge in [-0.2, -0.15) is 0 Å². The van der Waals surface area contributed by atoms with Crippen LogP contribution in [0.5, 0.6) is 5.75 Å². The summed E-state index contributed by atoms with van der Waals surface area (Å²) < 4.78 is 27.9. The normalized spacial score (nSPS) is 11.4. The smallest absolute Gasteiger partial charge is 0.278 e. The minimum Gasteiger partial charge on any atom is -0.506 e. The summed E-state index contributed by atoms with van der Waals surface area (Å²) in [6.45, 7) is 1.61. The van der Waals surface area contributed by atoms with Crippen LogP contribution >= 0.6 is 0 Å². The standard InChI is InChI=1S/C24H19NO4S/c1-17-21(18-11-5-2-6-12-18)25(19-13-7-3-8-14-19)24(27)23(22(17)26)30(28,29)20-15-9-4-10-16-20/h2-16,26H,1H3. The maximum absolute atomic E-state index is 13.6. The predicted octanol–water partition coefficient (Wildman–Crippen LogP) is 4.35. The molecular weight excluding hydrogens is 398 g/mol. The molecule has 0 amide bonds. The Morgan fingerprint density at radius 2 is 1.27 bits per heavy atom. The second kappa shape index (κ2) is 7.65. The summed E-state index contributed by atoms with van der Waals surface area (Å²) in [6.07, 6.45) is 0. The average molecular weight is 417 g/mol. The van der Waals surface area contributed by atoms with Crippen molar-refractivity contribution in [2.24, 2.45) is 0 Å². The minimum atomic E-state index is -4.24. The van der Waals surface area contributed by atoms with Gasteiger partial charge in [-0.1, -0.05) is 66.7 Å². The summed E-state index contributed by atoms with van der Waals surface area (Å²) in [5.74, 6) is -0.533. The Bertz CT molecular complexity index is 1360. The van der Waals surface area contributed by atoms with Crippen molar-refractivity contribution in [2.45, 2.75) is 16.7 Å². The van der Waals surface area contributed by atoms with E-state index in [0.717, 1.165) is 0 Å². The van der Waals surface area contributed by atoms with E-state index in [1.165, 1.54) is 16.7 Å². The predicted molar refractivity (Wildman–Crippen MR) is 116 cm³/mol. The molecule has 0 fully saturated rings. The Kier molecular flexibility index (Phi) is 5.01. The lowest BCUT2D eigenvalue weighted by Gasteiger charge is -2.19. The molecule has 0 spiro atoms. The SMILES string of the molecule is Cc1c(O)c(S(=O)(=O)c2ccccc2)c(=O)n(-c2ccccc2)c1-c1ccccc1. The molecular formula is C24H19NO4S. The number of pyridine rings is 1. The van der Waals surface area contributed by atoms with Crippen molar-refractivity contribution in [1.82, 2.24) is 4.57 Å². The molecule has 0 bridgehead atoms. The molecule has 0 atom stereocenters. The first kappa shape index (κ1) is 19.7. The lowest BCUT2D eigenvalue weighted by atomic mass is 10.0. The Hall–Kier alpha value is -3.64. The maximum atomic E-state index is 13.6. The lowest BCUT2D eigenvalue weighted by Crippen LogP contribution is -2.27. The summed E-state index contributed by atoms with van der Waals surface area (Å²) in [7, 11) is -4.24. The fraction of sp³-hybridized carbons (Fsp3) is 0.0417. The Morgan fingerprint density at radius 3 is 1.83 bits per heavy atom. The molecule has 5 nitrogen and oxygen atoms in total. The zero-order valence-corrected chi connectivity index (χ0v) is 17.0. The lowest BCUT2D eigenvalue weighted by molar-refractivity contribution is 0.450. The fourth-order valence-corrected chi connectivity index (χ4v) is 4.96. The van der Waals surface area contributed by atoms with E-state index in [0.29, 0.717) is 22.5 Å². The highest BCUT2D eigenvalue weighted by molar-refractivity contribution is 7.91. The Balaban J connectivity index is 2.14. The van der Waals surface area contributed by atoms with Crippen LogP contribution < -0.4 is 5.56 Å². The highest BCUT2D eigenvalue weighted by Gasteiger charge is 2.31. The van der Waals surface area contributed by atoms with Crippen molar-refractivity contribution in [1.29, 1.82) is 0 Å². The molecule has 0 aliphatic rings. The van der Waals surface area contributed by atoms with Gasteiger partial charge in [0.2, 0.25) is 9.84 Å². The zero-order chi connectivity index (χ0) is 21.3. The molecule has 3 aromatic carbocycles. The number of rotatable bonds is 4. The van der Waals surface area contributed by atoms with Crippen molar-refractivity contribution in [2.75, 3.05) is 0 Å². The third-order valence-electron chi connectivity index (χ3n) is 4.93. The second-order valence-electron chi connectivity index (χ2n) is 6.81. The molecule has 1 aromatic heterocycles. The maximum Gasteiger partial charge on any atom is 0.278 e. The summed E-state index contributed by atoms with van der Waals surface area (Å²) >= 11 is 0. The fourth-order valence-electron chi connectivity index (χ4n) is 3.48. The van der Waals surface area contributed by atoms with E-state index < -0.39 is 26.0 Å². The van der Waals surface area contributed by atoms with E-state index in [9.17, 15) is 18.3 Å². The molecule has 0 saturated heterocycles. The third kappa shape index (κ3) is 3.21. The van der Waals surface area contributed by atoms with Gasteiger partial charge in [-0.15, -0.1) is 0 Å². The van der Waals surface area contributed by atoms with Crippen LogP contribution in [0.15, 0.2) is 106 Å². The number of hydrogen-bond donors (Lipinski definition) is 1. The van der Waals surface area contributed by atoms with Crippen LogP contribution in [0.2, 0.25) is 0 Å². The van der Waals surface area contributed by atoms with Crippen LogP contribution in [0.1, 0.15) is 5.56 Å². The topological polar surface area (TPSA) is 76.4 Å². The molecule has 1 heterocycles. The first-order valence-electron chi connectivity index (χ1n) is 9.32. The summed E-state index contributed by atoms with van der Waals surface area (Å²) in [5.41, 5.74) is 1.14. The van der Waals surface area contributed by atoms with Crippen molar-refractivity contribution < 1.29 is 13.5 Å². The van der Waals surface area contributed by atoms with Gasteiger partial charge in [0.15, 0.2) is 4.90 Å². The zero-order valence-electron chi connectivity index (χ0n) is 16.2. The molecule has 0 saturated carbocycles. The van der Waals surface area contributed by atoms with E-state index >= 15 is 0 Å². The van der Waals surface area contributed by atoms with E-state index in [4.69, 9.17) is 0 Å². The Labute approximate surface area is 174 Å². The molecule has 30 heavy (non-hydrogen) atoms. The van der Waals surface area contributed by atoms with E-state index in [1.807, 2.05) is 36.4 Å². The number of hydrogen-bond acceptors (Lipinski definition) is 4. The quantitative estimate of drug-likeness (QED) is 0.536. The first-order chi connectivity index (χ1) is 14.4. The second-order valence-corrected chi connectivity index (χ2v) is 8.70. The number of para-hydroxylation sites is 1. The van der Waals surface area contributed by atoms with Crippen molar-refractivity contribution in [3.8, 4) is 22.7 Å². The first-order valence-corrected chi connectivity index (χ1v) is 10.8. The van der Waals surface area contributed by atoms with Crippen LogP contribution in [0.3, 0.4) is 0 Å². The number of aromatic nitrogens is 1. The van der Waals surface area contributed by atoms with Gasteiger partial charge < -0.3 is 5.11 Å². The number of benzene rings is 3. The summed E-state index contributed by atoms with van der Waals surface area (Å²) in [5, 5.41) is 10.9. The van der Waals surface area contributed by atoms with Crippen LogP contribution in [-0.2, 0) is 9.84 Å². The van der Waals surface area contributed by atoms with Gasteiger partial charge >= 0.3 is 0 Å². The van der Waals surface area contributed by atoms with Gasteiger partial charge in [-0.05, 0) is 36.8 Å². The largest absolute Gasteiger partial charge is 0.506 e. The van der Waals surface area contributed by atoms with Crippen LogP contribution in [0, 0.1) is 6.92 Å². The summed E-state index contributed by atoms with van der Waals surface area (Å²) in [4.78, 5) is 12.9. The molecule has 4 rings (SSSR count). The highest BCUT2D eigenvalue weighted by Crippen LogP contribution is 2.35. The van der Waals surface area contributed by atoms with Gasteiger partial charge in [0, 0.05) is 11.3 Å².